The minimum atomic E-state index is -0.639. The van der Waals surface area contributed by atoms with E-state index in [4.69, 9.17) is 27.9 Å². The Morgan fingerprint density at radius 2 is 1.92 bits per heavy atom. The Labute approximate surface area is 152 Å². The van der Waals surface area contributed by atoms with Gasteiger partial charge in [-0.1, -0.05) is 29.3 Å². The third kappa shape index (κ3) is 4.32. The van der Waals surface area contributed by atoms with Crippen molar-refractivity contribution >= 4 is 29.2 Å². The van der Waals surface area contributed by atoms with Gasteiger partial charge >= 0.3 is 5.97 Å². The van der Waals surface area contributed by atoms with Crippen LogP contribution in [0, 0.1) is 5.82 Å². The molecule has 0 unspecified atom stereocenters. The molecular weight excluding hydrogens is 370 g/mol. The van der Waals surface area contributed by atoms with Gasteiger partial charge in [0.2, 0.25) is 5.82 Å². The molecule has 2 aromatic carbocycles. The first-order valence-corrected chi connectivity index (χ1v) is 7.91. The summed E-state index contributed by atoms with van der Waals surface area (Å²) < 4.78 is 18.6. The predicted molar refractivity (Wildman–Crippen MR) is 89.5 cm³/mol. The number of hydrogen-bond acceptors (Lipinski definition) is 5. The largest absolute Gasteiger partial charge is 0.459 e. The highest BCUT2D eigenvalue weighted by Gasteiger charge is 2.13. The van der Waals surface area contributed by atoms with Crippen molar-refractivity contribution in [1.82, 2.24) is 20.2 Å². The van der Waals surface area contributed by atoms with E-state index in [1.807, 2.05) is 0 Å². The van der Waals surface area contributed by atoms with Gasteiger partial charge in [0.05, 0.1) is 5.02 Å². The number of esters is 1. The van der Waals surface area contributed by atoms with Crippen LogP contribution in [0.4, 0.5) is 4.39 Å². The van der Waals surface area contributed by atoms with Crippen LogP contribution in [0.1, 0.15) is 5.56 Å². The Kier molecular flexibility index (Phi) is 5.25. The van der Waals surface area contributed by atoms with Crippen LogP contribution in [-0.2, 0) is 22.7 Å². The summed E-state index contributed by atoms with van der Waals surface area (Å²) in [5.74, 6) is -0.829. The highest BCUT2D eigenvalue weighted by atomic mass is 35.5. The van der Waals surface area contributed by atoms with E-state index in [0.29, 0.717) is 16.4 Å². The summed E-state index contributed by atoms with van der Waals surface area (Å²) in [6.45, 7) is -0.532. The Balaban J connectivity index is 1.61. The van der Waals surface area contributed by atoms with Gasteiger partial charge in [0.1, 0.15) is 12.4 Å². The molecule has 1 heterocycles. The average molecular weight is 381 g/mol. The smallest absolute Gasteiger partial charge is 0.330 e. The molecule has 0 radical (unpaired) electrons. The van der Waals surface area contributed by atoms with Crippen LogP contribution < -0.4 is 0 Å². The van der Waals surface area contributed by atoms with E-state index in [1.165, 1.54) is 18.2 Å². The summed E-state index contributed by atoms with van der Waals surface area (Å²) in [7, 11) is 0. The lowest BCUT2D eigenvalue weighted by molar-refractivity contribution is -0.146. The first-order chi connectivity index (χ1) is 12.0. The Morgan fingerprint density at radius 1 is 1.16 bits per heavy atom. The van der Waals surface area contributed by atoms with E-state index >= 15 is 0 Å². The van der Waals surface area contributed by atoms with Crippen molar-refractivity contribution in [2.45, 2.75) is 13.2 Å². The van der Waals surface area contributed by atoms with Crippen LogP contribution in [0.25, 0.3) is 11.4 Å². The number of aromatic nitrogens is 4. The number of hydrogen-bond donors (Lipinski definition) is 0. The second-order valence-electron chi connectivity index (χ2n) is 5.01. The summed E-state index contributed by atoms with van der Waals surface area (Å²) in [6.07, 6.45) is 0. The topological polar surface area (TPSA) is 69.9 Å². The molecule has 0 spiro atoms. The Morgan fingerprint density at radius 3 is 2.64 bits per heavy atom. The van der Waals surface area contributed by atoms with Crippen LogP contribution in [0.15, 0.2) is 42.5 Å². The number of halogens is 3. The quantitative estimate of drug-likeness (QED) is 0.633. The summed E-state index contributed by atoms with van der Waals surface area (Å²) in [5.41, 5.74) is 0.827. The molecule has 0 aliphatic rings. The van der Waals surface area contributed by atoms with Crippen LogP contribution in [-0.4, -0.2) is 26.2 Å². The Bertz CT molecular complexity index is 879. The minimum absolute atomic E-state index is 0.117. The highest BCUT2D eigenvalue weighted by molar-refractivity contribution is 6.31. The summed E-state index contributed by atoms with van der Waals surface area (Å²) in [5, 5.41) is 12.5. The van der Waals surface area contributed by atoms with Crippen molar-refractivity contribution in [2.24, 2.45) is 0 Å². The van der Waals surface area contributed by atoms with Crippen LogP contribution >= 0.6 is 23.2 Å². The molecule has 0 saturated heterocycles. The molecule has 9 heteroatoms. The standard InChI is InChI=1S/C16H11Cl2FN4O2/c17-11-6-4-10(5-7-11)16-20-22-23(21-16)8-15(24)25-9-12-13(18)2-1-3-14(12)19/h1-7H,8-9H2. The minimum Gasteiger partial charge on any atom is -0.459 e. The maximum absolute atomic E-state index is 13.6. The summed E-state index contributed by atoms with van der Waals surface area (Å²) in [6, 6.07) is 11.1. The number of benzene rings is 2. The maximum Gasteiger partial charge on any atom is 0.330 e. The second-order valence-corrected chi connectivity index (χ2v) is 5.85. The van der Waals surface area contributed by atoms with Gasteiger partial charge in [-0.05, 0) is 41.6 Å². The number of carbonyl (C=O) groups is 1. The number of nitrogens with zero attached hydrogens (tertiary/aromatic N) is 4. The van der Waals surface area contributed by atoms with E-state index in [9.17, 15) is 9.18 Å². The lowest BCUT2D eigenvalue weighted by atomic mass is 10.2. The zero-order chi connectivity index (χ0) is 17.8. The summed E-state index contributed by atoms with van der Waals surface area (Å²) in [4.78, 5) is 13.0. The van der Waals surface area contributed by atoms with Gasteiger partial charge in [0.25, 0.3) is 0 Å². The zero-order valence-electron chi connectivity index (χ0n) is 12.7. The van der Waals surface area contributed by atoms with Gasteiger partial charge in [0.15, 0.2) is 6.54 Å². The van der Waals surface area contributed by atoms with Crippen LogP contribution in [0.5, 0.6) is 0 Å². The molecule has 3 rings (SSSR count). The Hall–Kier alpha value is -2.51. The zero-order valence-corrected chi connectivity index (χ0v) is 14.2. The van der Waals surface area contributed by atoms with Crippen LogP contribution in [0.3, 0.4) is 0 Å². The molecule has 25 heavy (non-hydrogen) atoms. The normalized spacial score (nSPS) is 10.7. The van der Waals surface area contributed by atoms with Gasteiger partial charge in [-0.3, -0.25) is 0 Å². The fraction of sp³-hybridized carbons (Fsp3) is 0.125. The van der Waals surface area contributed by atoms with Gasteiger partial charge in [-0.15, -0.1) is 10.2 Å². The van der Waals surface area contributed by atoms with E-state index in [2.05, 4.69) is 15.4 Å². The molecule has 128 valence electrons. The molecular formula is C16H11Cl2FN4O2. The van der Waals surface area contributed by atoms with E-state index in [0.717, 1.165) is 4.80 Å². The monoisotopic (exact) mass is 380 g/mol. The van der Waals surface area contributed by atoms with E-state index < -0.39 is 11.8 Å². The van der Waals surface area contributed by atoms with Gasteiger partial charge in [0, 0.05) is 16.1 Å². The number of ether oxygens (including phenoxy) is 1. The average Bonchev–Trinajstić information content (AvgIpc) is 3.03. The molecule has 0 amide bonds. The van der Waals surface area contributed by atoms with Crippen molar-refractivity contribution in [1.29, 1.82) is 0 Å². The molecule has 3 aromatic rings. The lowest BCUT2D eigenvalue weighted by Gasteiger charge is -2.07. The van der Waals surface area contributed by atoms with Gasteiger partial charge in [-0.2, -0.15) is 4.80 Å². The van der Waals surface area contributed by atoms with Gasteiger partial charge in [-0.25, -0.2) is 9.18 Å². The molecule has 0 aliphatic heterocycles. The maximum atomic E-state index is 13.6. The molecule has 0 aliphatic carbocycles. The second kappa shape index (κ2) is 7.58. The highest BCUT2D eigenvalue weighted by Crippen LogP contribution is 2.20. The van der Waals surface area contributed by atoms with Crippen LogP contribution in [0.2, 0.25) is 10.0 Å². The predicted octanol–water partition coefficient (Wildman–Crippen LogP) is 3.53. The number of carbonyl (C=O) groups excluding carboxylic acids is 1. The van der Waals surface area contributed by atoms with E-state index in [-0.39, 0.29) is 23.7 Å². The summed E-state index contributed by atoms with van der Waals surface area (Å²) >= 11 is 11.7. The lowest BCUT2D eigenvalue weighted by Crippen LogP contribution is -2.16. The van der Waals surface area contributed by atoms with Crippen molar-refractivity contribution in [3.63, 3.8) is 0 Å². The molecule has 0 saturated carbocycles. The van der Waals surface area contributed by atoms with Gasteiger partial charge < -0.3 is 4.74 Å². The number of tetrazole rings is 1. The molecule has 1 aromatic heterocycles. The SMILES string of the molecule is O=C(Cn1nnc(-c2ccc(Cl)cc2)n1)OCc1c(F)cccc1Cl. The third-order valence-electron chi connectivity index (χ3n) is 3.26. The molecule has 0 fully saturated rings. The first kappa shape index (κ1) is 17.3. The van der Waals surface area contributed by atoms with Crippen molar-refractivity contribution in [3.8, 4) is 11.4 Å². The van der Waals surface area contributed by atoms with Crippen molar-refractivity contribution < 1.29 is 13.9 Å². The van der Waals surface area contributed by atoms with E-state index in [1.54, 1.807) is 24.3 Å². The molecule has 6 nitrogen and oxygen atoms in total. The van der Waals surface area contributed by atoms with Crippen molar-refractivity contribution in [2.75, 3.05) is 0 Å². The molecule has 0 N–H and O–H groups in total. The van der Waals surface area contributed by atoms with Crippen molar-refractivity contribution in [3.05, 3.63) is 63.9 Å². The third-order valence-corrected chi connectivity index (χ3v) is 3.87. The fourth-order valence-electron chi connectivity index (χ4n) is 2.01. The fourth-order valence-corrected chi connectivity index (χ4v) is 2.35. The first-order valence-electron chi connectivity index (χ1n) is 7.15. The number of rotatable bonds is 5. The molecule has 0 bridgehead atoms. The molecule has 0 atom stereocenters.